The third-order valence-corrected chi connectivity index (χ3v) is 2.83. The number of nitrogens with two attached hydrogens (primary N) is 1. The van der Waals surface area contributed by atoms with Crippen LogP contribution in [0.3, 0.4) is 0 Å². The minimum Gasteiger partial charge on any atom is -0.469 e. The fourth-order valence-electron chi connectivity index (χ4n) is 1.67. The van der Waals surface area contributed by atoms with Gasteiger partial charge in [0.2, 0.25) is 17.7 Å². The van der Waals surface area contributed by atoms with Crippen LogP contribution in [0.5, 0.6) is 0 Å². The number of carbonyl (C=O) groups excluding carboxylic acids is 4. The molecule has 0 spiro atoms. The molecule has 0 bridgehead atoms. The molecule has 0 heterocycles. The summed E-state index contributed by atoms with van der Waals surface area (Å²) in [5.41, 5.74) is 5.20. The highest BCUT2D eigenvalue weighted by atomic mass is 16.5. The molecule has 0 aliphatic rings. The quantitative estimate of drug-likeness (QED) is 0.499. The monoisotopic (exact) mass is 301 g/mol. The second kappa shape index (κ2) is 8.93. The fraction of sp³-hybridized carbons (Fsp3) is 0.692. The van der Waals surface area contributed by atoms with Gasteiger partial charge >= 0.3 is 5.97 Å². The Labute approximate surface area is 123 Å². The highest BCUT2D eigenvalue weighted by Gasteiger charge is 2.27. The van der Waals surface area contributed by atoms with Gasteiger partial charge in [-0.05, 0) is 12.3 Å². The van der Waals surface area contributed by atoms with E-state index in [-0.39, 0.29) is 24.7 Å². The van der Waals surface area contributed by atoms with Gasteiger partial charge in [-0.25, -0.2) is 0 Å². The highest BCUT2D eigenvalue weighted by Crippen LogP contribution is 2.05. The topological polar surface area (TPSA) is 128 Å². The lowest BCUT2D eigenvalue weighted by atomic mass is 10.0. The van der Waals surface area contributed by atoms with Crippen molar-refractivity contribution in [2.75, 3.05) is 7.11 Å². The number of nitrogens with one attached hydrogen (secondary N) is 2. The van der Waals surface area contributed by atoms with E-state index in [9.17, 15) is 19.2 Å². The van der Waals surface area contributed by atoms with Crippen molar-refractivity contribution in [1.29, 1.82) is 0 Å². The van der Waals surface area contributed by atoms with Crippen LogP contribution in [0.2, 0.25) is 0 Å². The largest absolute Gasteiger partial charge is 0.469 e. The van der Waals surface area contributed by atoms with Crippen LogP contribution in [0.25, 0.3) is 0 Å². The van der Waals surface area contributed by atoms with Gasteiger partial charge in [-0.2, -0.15) is 0 Å². The van der Waals surface area contributed by atoms with Crippen LogP contribution >= 0.6 is 0 Å². The summed E-state index contributed by atoms with van der Waals surface area (Å²) in [6.07, 6.45) is -0.00446. The van der Waals surface area contributed by atoms with Gasteiger partial charge in [0.1, 0.15) is 12.1 Å². The number of hydrogen-bond acceptors (Lipinski definition) is 5. The van der Waals surface area contributed by atoms with Crippen molar-refractivity contribution < 1.29 is 23.9 Å². The van der Waals surface area contributed by atoms with E-state index < -0.39 is 29.9 Å². The van der Waals surface area contributed by atoms with Gasteiger partial charge in [0.05, 0.1) is 7.11 Å². The average Bonchev–Trinajstić information content (AvgIpc) is 2.38. The Morgan fingerprint density at radius 1 is 1.14 bits per heavy atom. The minimum atomic E-state index is -0.994. The molecule has 0 aromatic heterocycles. The van der Waals surface area contributed by atoms with Crippen molar-refractivity contribution in [3.63, 3.8) is 0 Å². The van der Waals surface area contributed by atoms with Gasteiger partial charge in [0, 0.05) is 13.3 Å². The van der Waals surface area contributed by atoms with Crippen LogP contribution in [0.4, 0.5) is 0 Å². The lowest BCUT2D eigenvalue weighted by Gasteiger charge is -2.23. The summed E-state index contributed by atoms with van der Waals surface area (Å²) in [7, 11) is 1.23. The van der Waals surface area contributed by atoms with Crippen LogP contribution in [0.1, 0.15) is 33.6 Å². The first-order chi connectivity index (χ1) is 9.68. The Bertz CT molecular complexity index is 409. The van der Waals surface area contributed by atoms with E-state index in [1.54, 1.807) is 13.8 Å². The van der Waals surface area contributed by atoms with Crippen LogP contribution in [-0.4, -0.2) is 42.9 Å². The molecule has 0 fully saturated rings. The molecule has 0 unspecified atom stereocenters. The number of primary amides is 1. The summed E-state index contributed by atoms with van der Waals surface area (Å²) < 4.78 is 4.46. The van der Waals surface area contributed by atoms with Crippen molar-refractivity contribution in [1.82, 2.24) is 10.6 Å². The third kappa shape index (κ3) is 7.28. The lowest BCUT2D eigenvalue weighted by Crippen LogP contribution is -2.54. The van der Waals surface area contributed by atoms with E-state index in [0.29, 0.717) is 0 Å². The Morgan fingerprint density at radius 3 is 2.10 bits per heavy atom. The molecule has 0 rings (SSSR count). The van der Waals surface area contributed by atoms with Crippen molar-refractivity contribution in [2.24, 2.45) is 11.7 Å². The first-order valence-electron chi connectivity index (χ1n) is 6.62. The van der Waals surface area contributed by atoms with E-state index >= 15 is 0 Å². The van der Waals surface area contributed by atoms with Crippen molar-refractivity contribution in [2.45, 2.75) is 45.7 Å². The molecule has 3 amide bonds. The maximum Gasteiger partial charge on any atom is 0.305 e. The molecule has 0 saturated carbocycles. The molecule has 21 heavy (non-hydrogen) atoms. The number of hydrogen-bond donors (Lipinski definition) is 3. The molecule has 0 aromatic carbocycles. The maximum atomic E-state index is 12.1. The van der Waals surface area contributed by atoms with Crippen molar-refractivity contribution in [3.8, 4) is 0 Å². The van der Waals surface area contributed by atoms with Crippen molar-refractivity contribution >= 4 is 23.7 Å². The summed E-state index contributed by atoms with van der Waals surface area (Å²) >= 11 is 0. The van der Waals surface area contributed by atoms with E-state index in [2.05, 4.69) is 15.4 Å². The van der Waals surface area contributed by atoms with Crippen LogP contribution in [0.15, 0.2) is 0 Å². The Hall–Kier alpha value is -2.12. The van der Waals surface area contributed by atoms with E-state index in [1.165, 1.54) is 14.0 Å². The zero-order chi connectivity index (χ0) is 16.6. The molecule has 4 N–H and O–H groups in total. The molecule has 0 aromatic rings. The Morgan fingerprint density at radius 2 is 1.71 bits per heavy atom. The second-order valence-electron chi connectivity index (χ2n) is 5.00. The smallest absolute Gasteiger partial charge is 0.305 e. The van der Waals surface area contributed by atoms with Gasteiger partial charge in [-0.15, -0.1) is 0 Å². The standard InChI is InChI=1S/C13H23N3O5/c1-7(2)11(15-8(3)17)13(20)16-9(12(14)19)5-6-10(18)21-4/h7,9,11H,5-6H2,1-4H3,(H2,14,19)(H,15,17)(H,16,20)/t9-,11+/m0/s1. The molecular weight excluding hydrogens is 278 g/mol. The van der Waals surface area contributed by atoms with E-state index in [4.69, 9.17) is 5.73 Å². The molecule has 120 valence electrons. The van der Waals surface area contributed by atoms with E-state index in [1.807, 2.05) is 0 Å². The van der Waals surface area contributed by atoms with Gasteiger partial charge in [0.15, 0.2) is 0 Å². The molecule has 0 aliphatic heterocycles. The summed E-state index contributed by atoms with van der Waals surface area (Å²) in [5, 5.41) is 4.95. The Balaban J connectivity index is 4.74. The third-order valence-electron chi connectivity index (χ3n) is 2.83. The number of amides is 3. The van der Waals surface area contributed by atoms with Gasteiger partial charge < -0.3 is 21.1 Å². The molecule has 0 aliphatic carbocycles. The molecule has 8 heteroatoms. The summed E-state index contributed by atoms with van der Waals surface area (Å²) in [6.45, 7) is 4.81. The van der Waals surface area contributed by atoms with Gasteiger partial charge in [0.25, 0.3) is 0 Å². The zero-order valence-electron chi connectivity index (χ0n) is 12.8. The fourth-order valence-corrected chi connectivity index (χ4v) is 1.67. The predicted octanol–water partition coefficient (Wildman–Crippen LogP) is -0.930. The summed E-state index contributed by atoms with van der Waals surface area (Å²) in [6, 6.07) is -1.77. The number of esters is 1. The maximum absolute atomic E-state index is 12.1. The summed E-state index contributed by atoms with van der Waals surface area (Å²) in [4.78, 5) is 45.6. The molecule has 0 radical (unpaired) electrons. The minimum absolute atomic E-state index is 0.0403. The highest BCUT2D eigenvalue weighted by molar-refractivity contribution is 5.91. The molecular formula is C13H23N3O5. The number of methoxy groups -OCH3 is 1. The second-order valence-corrected chi connectivity index (χ2v) is 5.00. The Kier molecular flexibility index (Phi) is 8.03. The van der Waals surface area contributed by atoms with Gasteiger partial charge in [-0.3, -0.25) is 19.2 Å². The predicted molar refractivity (Wildman–Crippen MR) is 74.8 cm³/mol. The van der Waals surface area contributed by atoms with E-state index in [0.717, 1.165) is 0 Å². The average molecular weight is 301 g/mol. The first-order valence-corrected chi connectivity index (χ1v) is 6.62. The molecule has 8 nitrogen and oxygen atoms in total. The number of ether oxygens (including phenoxy) is 1. The zero-order valence-corrected chi connectivity index (χ0v) is 12.8. The first kappa shape index (κ1) is 18.9. The number of rotatable bonds is 8. The van der Waals surface area contributed by atoms with Crippen molar-refractivity contribution in [3.05, 3.63) is 0 Å². The normalized spacial score (nSPS) is 13.2. The molecule has 2 atom stereocenters. The SMILES string of the molecule is COC(=O)CC[C@H](NC(=O)[C@H](NC(C)=O)C(C)C)C(N)=O. The molecule has 0 saturated heterocycles. The summed E-state index contributed by atoms with van der Waals surface area (Å²) in [5.74, 6) is -2.29. The lowest BCUT2D eigenvalue weighted by molar-refractivity contribution is -0.141. The van der Waals surface area contributed by atoms with Crippen LogP contribution in [-0.2, 0) is 23.9 Å². The van der Waals surface area contributed by atoms with Crippen LogP contribution < -0.4 is 16.4 Å². The van der Waals surface area contributed by atoms with Crippen LogP contribution in [0, 0.1) is 5.92 Å². The van der Waals surface area contributed by atoms with Gasteiger partial charge in [-0.1, -0.05) is 13.8 Å². The number of carbonyl (C=O) groups is 4.